The summed E-state index contributed by atoms with van der Waals surface area (Å²) in [5.41, 5.74) is 0.356. The molecule has 0 saturated carbocycles. The van der Waals surface area contributed by atoms with E-state index >= 15 is 0 Å². The highest BCUT2D eigenvalue weighted by Crippen LogP contribution is 2.16. The number of carbonyl (C=O) groups excluding carboxylic acids is 1. The number of halogens is 2. The van der Waals surface area contributed by atoms with Crippen LogP contribution in [0.25, 0.3) is 0 Å². The van der Waals surface area contributed by atoms with Gasteiger partial charge in [0.15, 0.2) is 5.78 Å². The van der Waals surface area contributed by atoms with Gasteiger partial charge in [0.2, 0.25) is 0 Å². The zero-order chi connectivity index (χ0) is 13.1. The molecule has 2 nitrogen and oxygen atoms in total. The van der Waals surface area contributed by atoms with Gasteiger partial charge in [-0.25, -0.2) is 4.39 Å². The third kappa shape index (κ3) is 5.29. The van der Waals surface area contributed by atoms with Crippen molar-refractivity contribution in [2.75, 3.05) is 6.61 Å². The number of carbonyl (C=O) groups is 1. The fraction of sp³-hybridized carbons (Fsp3) is 0.462. The summed E-state index contributed by atoms with van der Waals surface area (Å²) >= 11 is 5.63. The number of benzene rings is 1. The van der Waals surface area contributed by atoms with E-state index in [0.29, 0.717) is 5.56 Å². The predicted octanol–water partition coefficient (Wildman–Crippen LogP) is 3.41. The van der Waals surface area contributed by atoms with Gasteiger partial charge >= 0.3 is 0 Å². The minimum atomic E-state index is -0.478. The first-order valence-corrected chi connectivity index (χ1v) is 5.75. The second-order valence-corrected chi connectivity index (χ2v) is 5.27. The van der Waals surface area contributed by atoms with Crippen LogP contribution in [0.5, 0.6) is 0 Å². The average Bonchev–Trinajstić information content (AvgIpc) is 2.20. The highest BCUT2D eigenvalue weighted by molar-refractivity contribution is 6.30. The van der Waals surface area contributed by atoms with Crippen LogP contribution in [0.4, 0.5) is 4.39 Å². The summed E-state index contributed by atoms with van der Waals surface area (Å²) in [6.45, 7) is 5.71. The zero-order valence-electron chi connectivity index (χ0n) is 10.2. The van der Waals surface area contributed by atoms with Gasteiger partial charge in [0.05, 0.1) is 10.6 Å². The van der Waals surface area contributed by atoms with Crippen LogP contribution in [0.3, 0.4) is 0 Å². The number of hydrogen-bond donors (Lipinski definition) is 0. The third-order valence-electron chi connectivity index (χ3n) is 2.05. The Labute approximate surface area is 106 Å². The quantitative estimate of drug-likeness (QED) is 0.827. The van der Waals surface area contributed by atoms with Crippen molar-refractivity contribution in [2.24, 2.45) is 0 Å². The van der Waals surface area contributed by atoms with Crippen molar-refractivity contribution in [2.45, 2.75) is 32.8 Å². The SMILES string of the molecule is CC(C)(C)OCC(=O)Cc1ccc(F)c(Cl)c1. The molecule has 1 aromatic rings. The van der Waals surface area contributed by atoms with E-state index in [0.717, 1.165) is 0 Å². The molecule has 1 rings (SSSR count). The Kier molecular flexibility index (Phi) is 4.66. The predicted molar refractivity (Wildman–Crippen MR) is 65.8 cm³/mol. The molecule has 1 aromatic carbocycles. The molecule has 17 heavy (non-hydrogen) atoms. The van der Waals surface area contributed by atoms with E-state index in [9.17, 15) is 9.18 Å². The molecule has 0 aliphatic heterocycles. The van der Waals surface area contributed by atoms with E-state index in [1.807, 2.05) is 20.8 Å². The van der Waals surface area contributed by atoms with Gasteiger partial charge in [-0.15, -0.1) is 0 Å². The lowest BCUT2D eigenvalue weighted by molar-refractivity contribution is -0.127. The van der Waals surface area contributed by atoms with Crippen LogP contribution in [-0.4, -0.2) is 18.0 Å². The Hall–Kier alpha value is -0.930. The standard InChI is InChI=1S/C13H16ClFO2/c1-13(2,3)17-8-10(16)6-9-4-5-12(15)11(14)7-9/h4-5,7H,6,8H2,1-3H3. The fourth-order valence-corrected chi connectivity index (χ4v) is 1.43. The summed E-state index contributed by atoms with van der Waals surface area (Å²) < 4.78 is 18.3. The van der Waals surface area contributed by atoms with Crippen molar-refractivity contribution in [1.29, 1.82) is 0 Å². The maximum atomic E-state index is 12.9. The number of ketones is 1. The molecule has 0 radical (unpaired) electrons. The second kappa shape index (κ2) is 5.61. The Bertz CT molecular complexity index is 410. The van der Waals surface area contributed by atoms with E-state index in [1.165, 1.54) is 12.1 Å². The molecule has 0 saturated heterocycles. The molecule has 94 valence electrons. The van der Waals surface area contributed by atoms with Crippen LogP contribution >= 0.6 is 11.6 Å². The Morgan fingerprint density at radius 2 is 2.06 bits per heavy atom. The van der Waals surface area contributed by atoms with E-state index in [2.05, 4.69) is 0 Å². The molecular formula is C13H16ClFO2. The van der Waals surface area contributed by atoms with Gasteiger partial charge in [0.1, 0.15) is 12.4 Å². The molecule has 0 spiro atoms. The molecule has 0 fully saturated rings. The number of hydrogen-bond acceptors (Lipinski definition) is 2. The number of rotatable bonds is 4. The normalized spacial score (nSPS) is 11.6. The summed E-state index contributed by atoms with van der Waals surface area (Å²) in [4.78, 5) is 11.6. The zero-order valence-corrected chi connectivity index (χ0v) is 11.0. The highest BCUT2D eigenvalue weighted by Gasteiger charge is 2.13. The first kappa shape index (κ1) is 14.1. The monoisotopic (exact) mass is 258 g/mol. The summed E-state index contributed by atoms with van der Waals surface area (Å²) in [5.74, 6) is -0.531. The fourth-order valence-electron chi connectivity index (χ4n) is 1.23. The van der Waals surface area contributed by atoms with E-state index in [-0.39, 0.29) is 29.4 Å². The Morgan fingerprint density at radius 3 is 2.59 bits per heavy atom. The van der Waals surface area contributed by atoms with Gasteiger partial charge < -0.3 is 4.74 Å². The van der Waals surface area contributed by atoms with Crippen molar-refractivity contribution in [1.82, 2.24) is 0 Å². The van der Waals surface area contributed by atoms with Crippen LogP contribution in [-0.2, 0) is 16.0 Å². The molecule has 0 atom stereocenters. The second-order valence-electron chi connectivity index (χ2n) is 4.86. The van der Waals surface area contributed by atoms with Gasteiger partial charge in [-0.3, -0.25) is 4.79 Å². The molecule has 0 aliphatic carbocycles. The summed E-state index contributed by atoms with van der Waals surface area (Å²) in [6, 6.07) is 4.28. The van der Waals surface area contributed by atoms with Gasteiger partial charge in [0.25, 0.3) is 0 Å². The van der Waals surface area contributed by atoms with Crippen LogP contribution < -0.4 is 0 Å². The lowest BCUT2D eigenvalue weighted by Gasteiger charge is -2.18. The number of Topliss-reactive ketones (excluding diaryl/α,β-unsaturated/α-hetero) is 1. The van der Waals surface area contributed by atoms with Crippen LogP contribution in [0.2, 0.25) is 5.02 Å². The topological polar surface area (TPSA) is 26.3 Å². The first-order valence-electron chi connectivity index (χ1n) is 5.37. The van der Waals surface area contributed by atoms with Gasteiger partial charge in [-0.05, 0) is 38.5 Å². The van der Waals surface area contributed by atoms with Crippen LogP contribution in [0.1, 0.15) is 26.3 Å². The highest BCUT2D eigenvalue weighted by atomic mass is 35.5. The van der Waals surface area contributed by atoms with Crippen molar-refractivity contribution >= 4 is 17.4 Å². The van der Waals surface area contributed by atoms with Crippen LogP contribution in [0.15, 0.2) is 18.2 Å². The summed E-state index contributed by atoms with van der Waals surface area (Å²) in [5, 5.41) is 0.0343. The first-order chi connectivity index (χ1) is 7.78. The average molecular weight is 259 g/mol. The molecule has 0 aromatic heterocycles. The van der Waals surface area contributed by atoms with Gasteiger partial charge in [-0.2, -0.15) is 0 Å². The van der Waals surface area contributed by atoms with Gasteiger partial charge in [-0.1, -0.05) is 17.7 Å². The Balaban J connectivity index is 2.54. The van der Waals surface area contributed by atoms with Gasteiger partial charge in [0, 0.05) is 6.42 Å². The Morgan fingerprint density at radius 1 is 1.41 bits per heavy atom. The lowest BCUT2D eigenvalue weighted by Crippen LogP contribution is -2.24. The van der Waals surface area contributed by atoms with Crippen molar-refractivity contribution < 1.29 is 13.9 Å². The molecule has 0 aliphatic rings. The van der Waals surface area contributed by atoms with Crippen molar-refractivity contribution in [3.05, 3.63) is 34.6 Å². The van der Waals surface area contributed by atoms with E-state index in [1.54, 1.807) is 6.07 Å². The molecule has 0 N–H and O–H groups in total. The molecule has 4 heteroatoms. The van der Waals surface area contributed by atoms with Crippen LogP contribution in [0, 0.1) is 5.82 Å². The molecule has 0 bridgehead atoms. The third-order valence-corrected chi connectivity index (χ3v) is 2.34. The smallest absolute Gasteiger partial charge is 0.162 e. The van der Waals surface area contributed by atoms with E-state index in [4.69, 9.17) is 16.3 Å². The minimum absolute atomic E-state index is 0.0343. The number of ether oxygens (including phenoxy) is 1. The lowest BCUT2D eigenvalue weighted by atomic mass is 10.1. The largest absolute Gasteiger partial charge is 0.368 e. The molecule has 0 unspecified atom stereocenters. The van der Waals surface area contributed by atoms with Crippen molar-refractivity contribution in [3.8, 4) is 0 Å². The maximum Gasteiger partial charge on any atom is 0.162 e. The van der Waals surface area contributed by atoms with E-state index < -0.39 is 5.82 Å². The summed E-state index contributed by atoms with van der Waals surface area (Å²) in [7, 11) is 0. The molecule has 0 amide bonds. The minimum Gasteiger partial charge on any atom is -0.368 e. The van der Waals surface area contributed by atoms with Crippen molar-refractivity contribution in [3.63, 3.8) is 0 Å². The summed E-state index contributed by atoms with van der Waals surface area (Å²) in [6.07, 6.45) is 0.204. The molecular weight excluding hydrogens is 243 g/mol. The maximum absolute atomic E-state index is 12.9. The molecule has 0 heterocycles.